The van der Waals surface area contributed by atoms with Crippen LogP contribution in [0.1, 0.15) is 54.4 Å². The topological polar surface area (TPSA) is 249 Å². The van der Waals surface area contributed by atoms with Crippen molar-refractivity contribution >= 4 is 17.7 Å². The SMILES string of the molecule is CC(C)CCNC(=O)CCN1C(=O)C=CC1=O.CC(OF)OCCN(CCOC(C)OF)CCN(C)CC(CN(C)CCN(CCOC(C)OF)CCOC(C)OF)OC(CN(C)CCN(CCOCCOF)CCOCCOF)CN(C)CCN(CCOCCOF)CCOCCOF. The number of carbonyl (C=O) groups excluding carboxylic acids is 3. The Hall–Kier alpha value is -3.21. The van der Waals surface area contributed by atoms with E-state index >= 15 is 0 Å². The number of ether oxygens (including phenoxy) is 9. The first-order valence-electron chi connectivity index (χ1n) is 34.1. The van der Waals surface area contributed by atoms with E-state index in [1.807, 2.05) is 38.0 Å². The van der Waals surface area contributed by atoms with E-state index in [2.05, 4.69) is 88.1 Å². The van der Waals surface area contributed by atoms with Crippen LogP contribution in [0.5, 0.6) is 0 Å². The molecule has 0 aliphatic carbocycles. The van der Waals surface area contributed by atoms with Crippen LogP contribution < -0.4 is 5.32 Å². The summed E-state index contributed by atoms with van der Waals surface area (Å²) >= 11 is 0. The first-order chi connectivity index (χ1) is 48.2. The Labute approximate surface area is 586 Å². The highest BCUT2D eigenvalue weighted by Gasteiger charge is 2.26. The molecule has 0 aromatic heterocycles. The molecule has 30 nitrogen and oxygen atoms in total. The minimum absolute atomic E-state index is 0.0727. The number of likely N-dealkylation sites (N-methyl/N-ethyl adjacent to an activating group) is 4. The molecule has 100 heavy (non-hydrogen) atoms. The second-order valence-corrected chi connectivity index (χ2v) is 24.1. The quantitative estimate of drug-likeness (QED) is 0.0393. The Balaban J connectivity index is 0.00000498. The predicted molar refractivity (Wildman–Crippen MR) is 349 cm³/mol. The van der Waals surface area contributed by atoms with E-state index in [9.17, 15) is 50.6 Å². The molecule has 1 N–H and O–H groups in total. The van der Waals surface area contributed by atoms with Crippen molar-refractivity contribution in [3.63, 3.8) is 0 Å². The van der Waals surface area contributed by atoms with E-state index in [0.29, 0.717) is 170 Å². The van der Waals surface area contributed by atoms with Crippen LogP contribution in [0.25, 0.3) is 0 Å². The van der Waals surface area contributed by atoms with Crippen LogP contribution in [-0.4, -0.2) is 377 Å². The molecule has 0 saturated heterocycles. The van der Waals surface area contributed by atoms with Crippen molar-refractivity contribution in [3.05, 3.63) is 12.2 Å². The van der Waals surface area contributed by atoms with Crippen molar-refractivity contribution in [2.24, 2.45) is 5.92 Å². The van der Waals surface area contributed by atoms with Gasteiger partial charge in [0.1, 0.15) is 26.4 Å². The summed E-state index contributed by atoms with van der Waals surface area (Å²) in [4.78, 5) is 81.4. The van der Waals surface area contributed by atoms with Gasteiger partial charge in [0.25, 0.3) is 11.8 Å². The highest BCUT2D eigenvalue weighted by atomic mass is 19.3. The van der Waals surface area contributed by atoms with E-state index in [1.54, 1.807) is 0 Å². The van der Waals surface area contributed by atoms with E-state index < -0.39 is 37.4 Å². The number of carbonyl (C=O) groups is 3. The van der Waals surface area contributed by atoms with E-state index in [-0.39, 0.29) is 110 Å². The molecule has 0 bridgehead atoms. The molecule has 1 aliphatic rings. The number of rotatable bonds is 72. The van der Waals surface area contributed by atoms with Crippen LogP contribution >= 0.6 is 0 Å². The Morgan fingerprint density at radius 2 is 0.660 bits per heavy atom. The summed E-state index contributed by atoms with van der Waals surface area (Å²) in [6.07, 6.45) is -1.56. The number of halogens is 8. The molecule has 3 amide bonds. The highest BCUT2D eigenvalue weighted by molar-refractivity contribution is 6.13. The average Bonchev–Trinajstić information content (AvgIpc) is 1.68. The zero-order valence-corrected chi connectivity index (χ0v) is 60.7. The van der Waals surface area contributed by atoms with Gasteiger partial charge in [-0.05, 0) is 104 Å². The summed E-state index contributed by atoms with van der Waals surface area (Å²) in [6.45, 7) is 21.6. The first kappa shape index (κ1) is 96.8. The molecular formula is C62H120F8N10O20. The van der Waals surface area contributed by atoms with Gasteiger partial charge in [-0.2, -0.15) is 39.5 Å². The van der Waals surface area contributed by atoms with Gasteiger partial charge in [-0.15, -0.1) is 0 Å². The fourth-order valence-corrected chi connectivity index (χ4v) is 9.40. The van der Waals surface area contributed by atoms with Crippen molar-refractivity contribution in [2.45, 2.75) is 91.8 Å². The van der Waals surface area contributed by atoms with Crippen LogP contribution in [0.15, 0.2) is 12.2 Å². The predicted octanol–water partition coefficient (Wildman–Crippen LogP) is 3.86. The summed E-state index contributed by atoms with van der Waals surface area (Å²) < 4.78 is 152. The highest BCUT2D eigenvalue weighted by Crippen LogP contribution is 2.11. The van der Waals surface area contributed by atoms with Crippen LogP contribution in [0, 0.1) is 5.92 Å². The van der Waals surface area contributed by atoms with Gasteiger partial charge in [-0.25, -0.2) is 0 Å². The molecule has 0 aromatic carbocycles. The second-order valence-electron chi connectivity index (χ2n) is 24.1. The minimum Gasteiger partial charge on any atom is -0.378 e. The number of nitrogens with zero attached hydrogens (tertiary/aromatic N) is 9. The molecule has 0 radical (unpaired) electrons. The Morgan fingerprint density at radius 1 is 0.390 bits per heavy atom. The number of hydrogen-bond acceptors (Lipinski definition) is 28. The van der Waals surface area contributed by atoms with Crippen LogP contribution in [0.2, 0.25) is 0 Å². The second kappa shape index (κ2) is 66.5. The lowest BCUT2D eigenvalue weighted by Gasteiger charge is -2.36. The molecule has 0 spiro atoms. The van der Waals surface area contributed by atoms with Crippen molar-refractivity contribution < 1.29 is 133 Å². The standard InChI is InChI=1S/C50H102F8N8O17.C12H18N2O3/c1-45(80-55)71-29-21-65(22-30-72-46(2)81-56)15-11-61(7)43-50(44-62(8)12-16-66(23-31-73-47(3)82-57)24-32-74-48(4)83-58)79-49(41-59(5)9-13-63(17-25-67-33-37-75-51)18-26-68-34-38-76-52)42-60(6)10-14-64(19-27-69-35-39-77-53)20-28-70-36-40-78-54;1-9(2)5-7-13-10(15)6-8-14-11(16)3-4-12(14)17/h45-50H,9-44H2,1-8H3;3-4,9H,5-8H2,1-2H3,(H,13,15). The number of imide groups is 1. The minimum atomic E-state index is -1.07. The van der Waals surface area contributed by atoms with Crippen molar-refractivity contribution in [1.82, 2.24) is 49.4 Å². The maximum Gasteiger partial charge on any atom is 0.253 e. The van der Waals surface area contributed by atoms with Gasteiger partial charge in [-0.1, -0.05) is 13.8 Å². The lowest BCUT2D eigenvalue weighted by atomic mass is 10.1. The summed E-state index contributed by atoms with van der Waals surface area (Å²) in [5.41, 5.74) is 0. The lowest BCUT2D eigenvalue weighted by Crippen LogP contribution is -2.49. The lowest BCUT2D eigenvalue weighted by molar-refractivity contribution is -0.269. The van der Waals surface area contributed by atoms with Gasteiger partial charge in [0.15, 0.2) is 25.2 Å². The zero-order chi connectivity index (χ0) is 74.4. The molecule has 594 valence electrons. The van der Waals surface area contributed by atoms with Crippen molar-refractivity contribution in [3.8, 4) is 0 Å². The fraction of sp³-hybridized carbons (Fsp3) is 0.919. The third-order valence-electron chi connectivity index (χ3n) is 15.1. The van der Waals surface area contributed by atoms with Crippen molar-refractivity contribution in [1.29, 1.82) is 0 Å². The molecule has 1 aliphatic heterocycles. The monoisotopic (exact) mass is 1480 g/mol. The third kappa shape index (κ3) is 57.1. The molecule has 1 rings (SSSR count). The number of nitrogens with one attached hydrogen (secondary N) is 1. The van der Waals surface area contributed by atoms with E-state index in [4.69, 9.17) is 42.6 Å². The normalized spacial score (nSPS) is 14.5. The molecule has 0 fully saturated rings. The first-order valence-corrected chi connectivity index (χ1v) is 34.1. The van der Waals surface area contributed by atoms with Crippen LogP contribution in [0.4, 0.5) is 36.2 Å². The van der Waals surface area contributed by atoms with Crippen molar-refractivity contribution in [2.75, 3.05) is 278 Å². The van der Waals surface area contributed by atoms with Gasteiger partial charge in [0, 0.05) is 163 Å². The molecule has 0 saturated carbocycles. The van der Waals surface area contributed by atoms with Gasteiger partial charge < -0.3 is 67.5 Å². The number of hydrogen-bond donors (Lipinski definition) is 1. The summed E-state index contributed by atoms with van der Waals surface area (Å²) in [5.74, 6) is -0.269. The molecule has 0 aromatic rings. The molecular weight excluding hydrogens is 1360 g/mol. The largest absolute Gasteiger partial charge is 0.378 e. The van der Waals surface area contributed by atoms with Gasteiger partial charge in [0.05, 0.1) is 91.5 Å². The Kier molecular flexibility index (Phi) is 64.3. The summed E-state index contributed by atoms with van der Waals surface area (Å²) in [7, 11) is 7.91. The van der Waals surface area contributed by atoms with E-state index in [0.717, 1.165) is 11.3 Å². The molecule has 4 unspecified atom stereocenters. The Morgan fingerprint density at radius 3 is 0.910 bits per heavy atom. The fourth-order valence-electron chi connectivity index (χ4n) is 9.40. The van der Waals surface area contributed by atoms with E-state index in [1.165, 1.54) is 39.8 Å². The summed E-state index contributed by atoms with van der Waals surface area (Å²) in [5, 5.41) is 2.76. The number of amides is 3. The average molecular weight is 1480 g/mol. The third-order valence-corrected chi connectivity index (χ3v) is 15.1. The zero-order valence-electron chi connectivity index (χ0n) is 60.7. The summed E-state index contributed by atoms with van der Waals surface area (Å²) in [6, 6.07) is 0. The van der Waals surface area contributed by atoms with Crippen LogP contribution in [-0.2, 0) is 96.5 Å². The smallest absolute Gasteiger partial charge is 0.253 e. The molecule has 4 atom stereocenters. The molecule has 1 heterocycles. The van der Waals surface area contributed by atoms with Crippen LogP contribution in [0.3, 0.4) is 0 Å². The maximum absolute atomic E-state index is 12.8. The van der Waals surface area contributed by atoms with Gasteiger partial charge in [-0.3, -0.25) is 38.9 Å². The maximum atomic E-state index is 12.8. The van der Waals surface area contributed by atoms with Gasteiger partial charge >= 0.3 is 0 Å². The van der Waals surface area contributed by atoms with Gasteiger partial charge in [0.2, 0.25) is 5.91 Å². The molecule has 38 heteroatoms. The Bertz CT molecular complexity index is 1770.